The summed E-state index contributed by atoms with van der Waals surface area (Å²) in [4.78, 5) is 14.4. The lowest BCUT2D eigenvalue weighted by Gasteiger charge is -2.11. The summed E-state index contributed by atoms with van der Waals surface area (Å²) in [5.74, 6) is 0.435. The van der Waals surface area contributed by atoms with Crippen LogP contribution >= 0.6 is 0 Å². The number of nitro groups is 1. The van der Waals surface area contributed by atoms with Crippen molar-refractivity contribution in [2.24, 2.45) is 0 Å². The molecule has 1 aromatic heterocycles. The summed E-state index contributed by atoms with van der Waals surface area (Å²) in [5.41, 5.74) is 0.983. The number of hydrogen-bond donors (Lipinski definition) is 2. The fraction of sp³-hybridized carbons (Fsp3) is 0.214. The largest absolute Gasteiger partial charge is 0.366 e. The highest BCUT2D eigenvalue weighted by Crippen LogP contribution is 2.20. The van der Waals surface area contributed by atoms with E-state index in [1.54, 1.807) is 31.2 Å². The molecule has 0 radical (unpaired) electrons. The summed E-state index contributed by atoms with van der Waals surface area (Å²) < 4.78 is 26.2. The fourth-order valence-corrected chi connectivity index (χ4v) is 3.01. The summed E-state index contributed by atoms with van der Waals surface area (Å²) in [6.45, 7) is 1.84. The molecule has 0 bridgehead atoms. The molecule has 2 aromatic rings. The molecule has 9 heteroatoms. The number of nitrogens with zero attached hydrogens (tertiary/aromatic N) is 2. The summed E-state index contributed by atoms with van der Waals surface area (Å²) in [6.07, 6.45) is 1.17. The van der Waals surface area contributed by atoms with E-state index < -0.39 is 14.9 Å². The van der Waals surface area contributed by atoms with Crippen LogP contribution in [0.3, 0.4) is 0 Å². The molecule has 0 atom stereocenters. The van der Waals surface area contributed by atoms with Crippen LogP contribution in [0.15, 0.2) is 41.4 Å². The van der Waals surface area contributed by atoms with Crippen LogP contribution in [0.2, 0.25) is 0 Å². The molecule has 0 unspecified atom stereocenters. The monoisotopic (exact) mass is 336 g/mol. The van der Waals surface area contributed by atoms with Crippen LogP contribution in [-0.2, 0) is 16.6 Å². The van der Waals surface area contributed by atoms with Crippen LogP contribution in [0.5, 0.6) is 0 Å². The molecule has 2 rings (SSSR count). The van der Waals surface area contributed by atoms with Crippen molar-refractivity contribution in [1.82, 2.24) is 9.71 Å². The fourth-order valence-electron chi connectivity index (χ4n) is 2.04. The zero-order valence-corrected chi connectivity index (χ0v) is 13.4. The average molecular weight is 336 g/mol. The zero-order valence-electron chi connectivity index (χ0n) is 12.6. The highest BCUT2D eigenvalue weighted by Gasteiger charge is 2.16. The topological polar surface area (TPSA) is 114 Å². The third-order valence-electron chi connectivity index (χ3n) is 3.27. The minimum Gasteiger partial charge on any atom is -0.366 e. The maximum absolute atomic E-state index is 12.0. The minimum absolute atomic E-state index is 0.0614. The molecule has 0 aliphatic heterocycles. The summed E-state index contributed by atoms with van der Waals surface area (Å²) in [7, 11) is -2.21. The van der Waals surface area contributed by atoms with Crippen LogP contribution in [-0.4, -0.2) is 25.4 Å². The van der Waals surface area contributed by atoms with Gasteiger partial charge in [0.1, 0.15) is 12.0 Å². The summed E-state index contributed by atoms with van der Waals surface area (Å²) in [5, 5.41) is 13.8. The van der Waals surface area contributed by atoms with Gasteiger partial charge in [-0.3, -0.25) is 10.1 Å². The molecule has 0 aliphatic carbocycles. The highest BCUT2D eigenvalue weighted by atomic mass is 32.2. The predicted octanol–water partition coefficient (Wildman–Crippen LogP) is 1.82. The smallest absolute Gasteiger partial charge is 0.290 e. The molecule has 0 fully saturated rings. The maximum Gasteiger partial charge on any atom is 0.290 e. The van der Waals surface area contributed by atoms with Crippen molar-refractivity contribution in [2.45, 2.75) is 18.4 Å². The number of nitrogens with one attached hydrogen (secondary N) is 2. The third-order valence-corrected chi connectivity index (χ3v) is 4.79. The van der Waals surface area contributed by atoms with Gasteiger partial charge in [-0.25, -0.2) is 18.1 Å². The van der Waals surface area contributed by atoms with Gasteiger partial charge in [0.15, 0.2) is 0 Å². The molecule has 0 saturated carbocycles. The molecular weight excluding hydrogens is 320 g/mol. The molecule has 2 N–H and O–H groups in total. The van der Waals surface area contributed by atoms with E-state index in [0.29, 0.717) is 16.9 Å². The summed E-state index contributed by atoms with van der Waals surface area (Å²) in [6, 6.07) is 8.13. The van der Waals surface area contributed by atoms with Crippen LogP contribution < -0.4 is 10.0 Å². The molecule has 1 aromatic carbocycles. The Labute approximate surface area is 133 Å². The quantitative estimate of drug-likeness (QED) is 0.614. The Kier molecular flexibility index (Phi) is 4.92. The van der Waals surface area contributed by atoms with Crippen LogP contribution in [0, 0.1) is 17.0 Å². The predicted molar refractivity (Wildman–Crippen MR) is 85.6 cm³/mol. The number of rotatable bonds is 6. The van der Waals surface area contributed by atoms with Crippen molar-refractivity contribution in [3.05, 3.63) is 57.8 Å². The number of sulfonamides is 1. The van der Waals surface area contributed by atoms with E-state index in [0.717, 1.165) is 0 Å². The third kappa shape index (κ3) is 3.82. The molecule has 122 valence electrons. The Morgan fingerprint density at radius 3 is 2.61 bits per heavy atom. The zero-order chi connectivity index (χ0) is 17.0. The first-order chi connectivity index (χ1) is 10.8. The van der Waals surface area contributed by atoms with E-state index in [2.05, 4.69) is 15.0 Å². The van der Waals surface area contributed by atoms with Crippen molar-refractivity contribution < 1.29 is 13.3 Å². The SMILES string of the molecule is CNS(=O)(=O)c1ccccc1CNc1cc(C)c([N+](=O)[O-])cn1. The van der Waals surface area contributed by atoms with E-state index in [1.165, 1.54) is 19.3 Å². The Balaban J connectivity index is 2.22. The number of hydrogen-bond acceptors (Lipinski definition) is 6. The lowest BCUT2D eigenvalue weighted by molar-refractivity contribution is -0.385. The van der Waals surface area contributed by atoms with Crippen molar-refractivity contribution in [1.29, 1.82) is 0 Å². The molecule has 0 spiro atoms. The van der Waals surface area contributed by atoms with E-state index in [-0.39, 0.29) is 17.1 Å². The Bertz CT molecular complexity index is 836. The van der Waals surface area contributed by atoms with Crippen molar-refractivity contribution >= 4 is 21.5 Å². The van der Waals surface area contributed by atoms with E-state index in [4.69, 9.17) is 0 Å². The van der Waals surface area contributed by atoms with Crippen LogP contribution in [0.4, 0.5) is 11.5 Å². The van der Waals surface area contributed by atoms with Crippen molar-refractivity contribution in [3.63, 3.8) is 0 Å². The standard InChI is InChI=1S/C14H16N4O4S/c1-10-7-14(17-9-12(10)18(19)20)16-8-11-5-3-4-6-13(11)23(21,22)15-2/h3-7,9,15H,8H2,1-2H3,(H,16,17). The minimum atomic E-state index is -3.56. The Morgan fingerprint density at radius 2 is 2.00 bits per heavy atom. The average Bonchev–Trinajstić information content (AvgIpc) is 2.53. The van der Waals surface area contributed by atoms with Gasteiger partial charge in [-0.2, -0.15) is 0 Å². The first kappa shape index (κ1) is 16.8. The van der Waals surface area contributed by atoms with E-state index in [1.807, 2.05) is 0 Å². The van der Waals surface area contributed by atoms with Gasteiger partial charge in [-0.15, -0.1) is 0 Å². The van der Waals surface area contributed by atoms with Crippen LogP contribution in [0.25, 0.3) is 0 Å². The number of aromatic nitrogens is 1. The van der Waals surface area contributed by atoms with Gasteiger partial charge < -0.3 is 5.32 Å². The van der Waals surface area contributed by atoms with Gasteiger partial charge in [0.25, 0.3) is 5.69 Å². The second-order valence-electron chi connectivity index (χ2n) is 4.78. The number of aryl methyl sites for hydroxylation is 1. The normalized spacial score (nSPS) is 11.2. The molecular formula is C14H16N4O4S. The first-order valence-electron chi connectivity index (χ1n) is 6.71. The van der Waals surface area contributed by atoms with Gasteiger partial charge in [0.2, 0.25) is 10.0 Å². The lowest BCUT2D eigenvalue weighted by Crippen LogP contribution is -2.20. The Morgan fingerprint density at radius 1 is 1.30 bits per heavy atom. The Hall–Kier alpha value is -2.52. The molecule has 0 aliphatic rings. The maximum atomic E-state index is 12.0. The van der Waals surface area contributed by atoms with Crippen molar-refractivity contribution in [3.8, 4) is 0 Å². The van der Waals surface area contributed by atoms with Gasteiger partial charge >= 0.3 is 0 Å². The van der Waals surface area contributed by atoms with Gasteiger partial charge in [-0.05, 0) is 31.7 Å². The van der Waals surface area contributed by atoms with E-state index in [9.17, 15) is 18.5 Å². The lowest BCUT2D eigenvalue weighted by atomic mass is 10.2. The highest BCUT2D eigenvalue weighted by molar-refractivity contribution is 7.89. The van der Waals surface area contributed by atoms with Gasteiger partial charge in [-0.1, -0.05) is 18.2 Å². The van der Waals surface area contributed by atoms with Gasteiger partial charge in [0.05, 0.1) is 9.82 Å². The number of pyridine rings is 1. The molecule has 8 nitrogen and oxygen atoms in total. The molecule has 0 amide bonds. The van der Waals surface area contributed by atoms with Crippen LogP contribution in [0.1, 0.15) is 11.1 Å². The molecule has 1 heterocycles. The van der Waals surface area contributed by atoms with Crippen molar-refractivity contribution in [2.75, 3.05) is 12.4 Å². The molecule has 23 heavy (non-hydrogen) atoms. The number of anilines is 1. The first-order valence-corrected chi connectivity index (χ1v) is 8.20. The molecule has 0 saturated heterocycles. The van der Waals surface area contributed by atoms with E-state index >= 15 is 0 Å². The second kappa shape index (κ2) is 6.71. The number of benzene rings is 1. The van der Waals surface area contributed by atoms with Gasteiger partial charge in [0, 0.05) is 12.1 Å². The summed E-state index contributed by atoms with van der Waals surface area (Å²) >= 11 is 0. The second-order valence-corrected chi connectivity index (χ2v) is 6.64.